The quantitative estimate of drug-likeness (QED) is 0.122. The SMILES string of the molecule is CCOc1cc(/C=N\NC(=O)c2ccccc2NC(=O)c2ccc(OC)cc2)ccc1OC(=O)c1ccccc1. The van der Waals surface area contributed by atoms with E-state index in [1.165, 1.54) is 6.21 Å². The van der Waals surface area contributed by atoms with Crippen LogP contribution in [0.4, 0.5) is 5.69 Å². The van der Waals surface area contributed by atoms with Crippen LogP contribution in [0.2, 0.25) is 0 Å². The summed E-state index contributed by atoms with van der Waals surface area (Å²) in [4.78, 5) is 38.0. The molecule has 9 heteroatoms. The number of hydrazone groups is 1. The van der Waals surface area contributed by atoms with Gasteiger partial charge >= 0.3 is 5.97 Å². The minimum absolute atomic E-state index is 0.236. The molecule has 0 spiro atoms. The molecule has 4 rings (SSSR count). The topological polar surface area (TPSA) is 115 Å². The van der Waals surface area contributed by atoms with Gasteiger partial charge in [-0.3, -0.25) is 9.59 Å². The fraction of sp³-hybridized carbons (Fsp3) is 0.0968. The Kier molecular flexibility index (Phi) is 9.23. The van der Waals surface area contributed by atoms with Crippen LogP contribution >= 0.6 is 0 Å². The van der Waals surface area contributed by atoms with Crippen molar-refractivity contribution >= 4 is 29.7 Å². The predicted molar refractivity (Wildman–Crippen MR) is 151 cm³/mol. The molecule has 0 fully saturated rings. The standard InChI is InChI=1S/C31H27N3O6/c1-3-39-28-19-21(13-18-27(28)40-31(37)23-9-5-4-6-10-23)20-32-34-30(36)25-11-7-8-12-26(25)33-29(35)22-14-16-24(38-2)17-15-22/h4-20H,3H2,1-2H3,(H,33,35)(H,34,36)/b32-20-. The zero-order chi connectivity index (χ0) is 28.3. The summed E-state index contributed by atoms with van der Waals surface area (Å²) in [7, 11) is 1.54. The van der Waals surface area contributed by atoms with Crippen LogP contribution in [-0.4, -0.2) is 37.7 Å². The lowest BCUT2D eigenvalue weighted by Crippen LogP contribution is -2.21. The second-order valence-corrected chi connectivity index (χ2v) is 8.32. The predicted octanol–water partition coefficient (Wildman–Crippen LogP) is 5.33. The smallest absolute Gasteiger partial charge is 0.343 e. The normalized spacial score (nSPS) is 10.6. The lowest BCUT2D eigenvalue weighted by Gasteiger charge is -2.11. The maximum absolute atomic E-state index is 12.9. The van der Waals surface area contributed by atoms with E-state index in [2.05, 4.69) is 15.8 Å². The molecule has 0 aromatic heterocycles. The van der Waals surface area contributed by atoms with E-state index in [-0.39, 0.29) is 17.2 Å². The van der Waals surface area contributed by atoms with Gasteiger partial charge < -0.3 is 19.5 Å². The molecule has 9 nitrogen and oxygen atoms in total. The highest BCUT2D eigenvalue weighted by Crippen LogP contribution is 2.29. The van der Waals surface area contributed by atoms with E-state index < -0.39 is 11.9 Å². The summed E-state index contributed by atoms with van der Waals surface area (Å²) in [6.07, 6.45) is 1.43. The minimum Gasteiger partial charge on any atom is -0.497 e. The largest absolute Gasteiger partial charge is 0.497 e. The summed E-state index contributed by atoms with van der Waals surface area (Å²) in [5.41, 5.74) is 4.47. The molecule has 0 saturated carbocycles. The van der Waals surface area contributed by atoms with Crippen LogP contribution in [-0.2, 0) is 0 Å². The van der Waals surface area contributed by atoms with Crippen molar-refractivity contribution in [1.29, 1.82) is 0 Å². The van der Waals surface area contributed by atoms with Crippen LogP contribution < -0.4 is 25.0 Å². The molecule has 0 heterocycles. The van der Waals surface area contributed by atoms with Gasteiger partial charge in [-0.1, -0.05) is 30.3 Å². The van der Waals surface area contributed by atoms with Crippen molar-refractivity contribution in [3.05, 3.63) is 119 Å². The van der Waals surface area contributed by atoms with Crippen LogP contribution in [0, 0.1) is 0 Å². The molecule has 0 atom stereocenters. The molecular formula is C31H27N3O6. The summed E-state index contributed by atoms with van der Waals surface area (Å²) < 4.78 is 16.3. The fourth-order valence-electron chi connectivity index (χ4n) is 3.64. The van der Waals surface area contributed by atoms with Crippen molar-refractivity contribution in [1.82, 2.24) is 5.43 Å². The van der Waals surface area contributed by atoms with E-state index >= 15 is 0 Å². The van der Waals surface area contributed by atoms with Gasteiger partial charge in [-0.05, 0) is 79.2 Å². The highest BCUT2D eigenvalue weighted by Gasteiger charge is 2.15. The number of nitrogens with zero attached hydrogens (tertiary/aromatic N) is 1. The average molecular weight is 538 g/mol. The number of anilines is 1. The van der Waals surface area contributed by atoms with Crippen molar-refractivity contribution < 1.29 is 28.6 Å². The number of ether oxygens (including phenoxy) is 3. The van der Waals surface area contributed by atoms with Crippen LogP contribution in [0.1, 0.15) is 43.6 Å². The van der Waals surface area contributed by atoms with Crippen LogP contribution in [0.5, 0.6) is 17.2 Å². The molecule has 0 unspecified atom stereocenters. The molecule has 0 aliphatic heterocycles. The molecule has 4 aromatic carbocycles. The molecule has 2 N–H and O–H groups in total. The second kappa shape index (κ2) is 13.4. The molecule has 0 radical (unpaired) electrons. The lowest BCUT2D eigenvalue weighted by molar-refractivity contribution is 0.0728. The Balaban J connectivity index is 1.43. The second-order valence-electron chi connectivity index (χ2n) is 8.32. The zero-order valence-corrected chi connectivity index (χ0v) is 21.9. The third-order valence-electron chi connectivity index (χ3n) is 5.63. The first-order valence-corrected chi connectivity index (χ1v) is 12.4. The number of hydrogen-bond acceptors (Lipinski definition) is 7. The van der Waals surface area contributed by atoms with Gasteiger partial charge in [-0.15, -0.1) is 0 Å². The maximum atomic E-state index is 12.9. The van der Waals surface area contributed by atoms with Gasteiger partial charge in [-0.2, -0.15) is 5.10 Å². The number of nitrogens with one attached hydrogen (secondary N) is 2. The van der Waals surface area contributed by atoms with E-state index in [9.17, 15) is 14.4 Å². The van der Waals surface area contributed by atoms with Gasteiger partial charge in [-0.25, -0.2) is 10.2 Å². The van der Waals surface area contributed by atoms with Gasteiger partial charge in [0.1, 0.15) is 5.75 Å². The third-order valence-corrected chi connectivity index (χ3v) is 5.63. The molecule has 0 bridgehead atoms. The highest BCUT2D eigenvalue weighted by atomic mass is 16.6. The summed E-state index contributed by atoms with van der Waals surface area (Å²) in [5.74, 6) is -0.145. The van der Waals surface area contributed by atoms with E-state index in [4.69, 9.17) is 14.2 Å². The summed E-state index contributed by atoms with van der Waals surface area (Å²) >= 11 is 0. The Labute approximate surface area is 231 Å². The molecule has 40 heavy (non-hydrogen) atoms. The number of para-hydroxylation sites is 1. The number of esters is 1. The Morgan fingerprint density at radius 2 is 1.52 bits per heavy atom. The first kappa shape index (κ1) is 27.6. The van der Waals surface area contributed by atoms with Crippen molar-refractivity contribution in [2.45, 2.75) is 6.92 Å². The van der Waals surface area contributed by atoms with Crippen LogP contribution in [0.25, 0.3) is 0 Å². The third kappa shape index (κ3) is 7.11. The zero-order valence-electron chi connectivity index (χ0n) is 21.9. The Bertz CT molecular complexity index is 1520. The van der Waals surface area contributed by atoms with Gasteiger partial charge in [0.25, 0.3) is 11.8 Å². The monoisotopic (exact) mass is 537 g/mol. The van der Waals surface area contributed by atoms with Gasteiger partial charge in [0.05, 0.1) is 36.7 Å². The number of benzene rings is 4. The maximum Gasteiger partial charge on any atom is 0.343 e. The molecule has 4 aromatic rings. The van der Waals surface area contributed by atoms with Crippen molar-refractivity contribution in [3.63, 3.8) is 0 Å². The first-order chi connectivity index (χ1) is 19.5. The lowest BCUT2D eigenvalue weighted by atomic mass is 10.1. The summed E-state index contributed by atoms with van der Waals surface area (Å²) in [6.45, 7) is 2.17. The highest BCUT2D eigenvalue weighted by molar-refractivity contribution is 6.09. The molecule has 202 valence electrons. The molecule has 0 aliphatic rings. The summed E-state index contributed by atoms with van der Waals surface area (Å²) in [5, 5.41) is 6.80. The van der Waals surface area contributed by atoms with E-state index in [1.807, 2.05) is 13.0 Å². The molecule has 0 saturated heterocycles. The van der Waals surface area contributed by atoms with E-state index in [0.29, 0.717) is 40.5 Å². The van der Waals surface area contributed by atoms with Gasteiger partial charge in [0, 0.05) is 5.56 Å². The van der Waals surface area contributed by atoms with Gasteiger partial charge in [0.15, 0.2) is 11.5 Å². The van der Waals surface area contributed by atoms with E-state index in [1.54, 1.807) is 98.1 Å². The Hall–Kier alpha value is -5.44. The van der Waals surface area contributed by atoms with Crippen LogP contribution in [0.15, 0.2) is 102 Å². The average Bonchev–Trinajstić information content (AvgIpc) is 2.99. The molecular weight excluding hydrogens is 510 g/mol. The fourth-order valence-corrected chi connectivity index (χ4v) is 3.64. The number of hydrogen-bond donors (Lipinski definition) is 2. The summed E-state index contributed by atoms with van der Waals surface area (Å²) in [6, 6.07) is 26.8. The van der Waals surface area contributed by atoms with E-state index in [0.717, 1.165) is 0 Å². The van der Waals surface area contributed by atoms with Crippen LogP contribution in [0.3, 0.4) is 0 Å². The number of carbonyl (C=O) groups is 3. The van der Waals surface area contributed by atoms with Crippen molar-refractivity contribution in [3.8, 4) is 17.2 Å². The number of amides is 2. The molecule has 2 amide bonds. The number of carbonyl (C=O) groups excluding carboxylic acids is 3. The minimum atomic E-state index is -0.514. The first-order valence-electron chi connectivity index (χ1n) is 12.4. The van der Waals surface area contributed by atoms with Gasteiger partial charge in [0.2, 0.25) is 0 Å². The number of rotatable bonds is 10. The number of methoxy groups -OCH3 is 1. The Morgan fingerprint density at radius 3 is 2.25 bits per heavy atom. The molecule has 0 aliphatic carbocycles. The Morgan fingerprint density at radius 1 is 0.800 bits per heavy atom. The van der Waals surface area contributed by atoms with Crippen molar-refractivity contribution in [2.75, 3.05) is 19.0 Å². The van der Waals surface area contributed by atoms with Crippen molar-refractivity contribution in [2.24, 2.45) is 5.10 Å².